The maximum Gasteiger partial charge on any atom is 0.191 e. The zero-order valence-electron chi connectivity index (χ0n) is 14.7. The fraction of sp³-hybridized carbons (Fsp3) is 0.588. The van der Waals surface area contributed by atoms with Crippen molar-refractivity contribution in [3.63, 3.8) is 0 Å². The molecule has 2 N–H and O–H groups in total. The van der Waals surface area contributed by atoms with Gasteiger partial charge < -0.3 is 20.1 Å². The number of ether oxygens (including phenoxy) is 2. The third-order valence-corrected chi connectivity index (χ3v) is 4.87. The zero-order chi connectivity index (χ0) is 16.7. The zero-order valence-corrected chi connectivity index (χ0v) is 17.8. The number of methoxy groups -OCH3 is 2. The van der Waals surface area contributed by atoms with E-state index < -0.39 is 0 Å². The summed E-state index contributed by atoms with van der Waals surface area (Å²) in [5.41, 5.74) is 7.32. The molecule has 5 nitrogen and oxygen atoms in total. The van der Waals surface area contributed by atoms with E-state index in [-0.39, 0.29) is 24.0 Å². The maximum absolute atomic E-state index is 6.10. The summed E-state index contributed by atoms with van der Waals surface area (Å²) in [5.74, 6) is 4.91. The summed E-state index contributed by atoms with van der Waals surface area (Å²) >= 11 is 1.97. The average Bonchev–Trinajstić information content (AvgIpc) is 2.60. The van der Waals surface area contributed by atoms with Crippen LogP contribution >= 0.6 is 35.7 Å². The number of rotatable bonds is 6. The van der Waals surface area contributed by atoms with Gasteiger partial charge in [0.25, 0.3) is 0 Å². The van der Waals surface area contributed by atoms with E-state index in [2.05, 4.69) is 22.9 Å². The van der Waals surface area contributed by atoms with Gasteiger partial charge in [-0.15, -0.1) is 24.0 Å². The molecule has 0 aliphatic carbocycles. The Bertz CT molecular complexity index is 537. The number of guanidine groups is 1. The largest absolute Gasteiger partial charge is 0.493 e. The van der Waals surface area contributed by atoms with Crippen LogP contribution in [0.1, 0.15) is 12.5 Å². The lowest BCUT2D eigenvalue weighted by molar-refractivity contribution is 0.354. The first-order valence-electron chi connectivity index (χ1n) is 7.97. The van der Waals surface area contributed by atoms with Crippen molar-refractivity contribution in [2.45, 2.75) is 13.3 Å². The number of hydrogen-bond donors (Lipinski definition) is 1. The predicted molar refractivity (Wildman–Crippen MR) is 113 cm³/mol. The van der Waals surface area contributed by atoms with E-state index in [0.717, 1.165) is 49.1 Å². The van der Waals surface area contributed by atoms with Crippen molar-refractivity contribution in [2.75, 3.05) is 45.4 Å². The van der Waals surface area contributed by atoms with Gasteiger partial charge in [0.15, 0.2) is 17.5 Å². The highest BCUT2D eigenvalue weighted by molar-refractivity contribution is 14.0. The number of benzene rings is 1. The van der Waals surface area contributed by atoms with Crippen LogP contribution in [0.5, 0.6) is 11.5 Å². The molecule has 1 fully saturated rings. The summed E-state index contributed by atoms with van der Waals surface area (Å²) in [4.78, 5) is 6.76. The highest BCUT2D eigenvalue weighted by Crippen LogP contribution is 2.28. The van der Waals surface area contributed by atoms with Crippen molar-refractivity contribution in [3.05, 3.63) is 23.8 Å². The highest BCUT2D eigenvalue weighted by atomic mass is 127. The molecule has 0 radical (unpaired) electrons. The Kier molecular flexibility index (Phi) is 9.65. The van der Waals surface area contributed by atoms with Gasteiger partial charge >= 0.3 is 0 Å². The Labute approximate surface area is 166 Å². The van der Waals surface area contributed by atoms with Crippen LogP contribution in [0, 0.1) is 5.92 Å². The Hall–Kier alpha value is -0.830. The minimum Gasteiger partial charge on any atom is -0.493 e. The molecule has 7 heteroatoms. The van der Waals surface area contributed by atoms with Crippen molar-refractivity contribution >= 4 is 41.7 Å². The van der Waals surface area contributed by atoms with Gasteiger partial charge in [0.1, 0.15) is 0 Å². The van der Waals surface area contributed by atoms with Gasteiger partial charge in [-0.25, -0.2) is 0 Å². The Morgan fingerprint density at radius 2 is 1.92 bits per heavy atom. The second-order valence-electron chi connectivity index (χ2n) is 5.80. The van der Waals surface area contributed by atoms with E-state index in [1.807, 2.05) is 23.9 Å². The van der Waals surface area contributed by atoms with Gasteiger partial charge in [0.05, 0.1) is 14.2 Å². The molecule has 0 saturated carbocycles. The molecule has 0 spiro atoms. The van der Waals surface area contributed by atoms with Crippen molar-refractivity contribution in [3.8, 4) is 11.5 Å². The number of hydrogen-bond acceptors (Lipinski definition) is 4. The molecular weight excluding hydrogens is 437 g/mol. The molecule has 1 aliphatic rings. The summed E-state index contributed by atoms with van der Waals surface area (Å²) in [6.07, 6.45) is 0.937. The molecule has 1 heterocycles. The molecular formula is C17H28IN3O2S. The fourth-order valence-electron chi connectivity index (χ4n) is 2.62. The predicted octanol–water partition coefficient (Wildman–Crippen LogP) is 2.86. The van der Waals surface area contributed by atoms with E-state index in [9.17, 15) is 0 Å². The topological polar surface area (TPSA) is 60.1 Å². The lowest BCUT2D eigenvalue weighted by Crippen LogP contribution is -2.42. The van der Waals surface area contributed by atoms with Crippen LogP contribution in [0.3, 0.4) is 0 Å². The standard InChI is InChI=1S/C17H27N3O2S.HI/c1-13(12-19-17(18)20-6-8-23-9-7-20)10-14-4-5-15(21-2)16(11-14)22-3;/h4-5,11,13H,6-10,12H2,1-3H3,(H2,18,19);1H. The SMILES string of the molecule is COc1ccc(CC(C)CN=C(N)N2CCSCC2)cc1OC.I. The molecule has 1 unspecified atom stereocenters. The van der Waals surface area contributed by atoms with Gasteiger partial charge in [-0.2, -0.15) is 11.8 Å². The number of nitrogens with two attached hydrogens (primary N) is 1. The first-order chi connectivity index (χ1) is 11.1. The van der Waals surface area contributed by atoms with Gasteiger partial charge in [-0.3, -0.25) is 4.99 Å². The first kappa shape index (κ1) is 21.2. The summed E-state index contributed by atoms with van der Waals surface area (Å²) in [7, 11) is 3.31. The minimum absolute atomic E-state index is 0. The van der Waals surface area contributed by atoms with Crippen LogP contribution in [-0.2, 0) is 6.42 Å². The molecule has 1 saturated heterocycles. The summed E-state index contributed by atoms with van der Waals surface area (Å²) < 4.78 is 10.6. The molecule has 1 atom stereocenters. The van der Waals surface area contributed by atoms with Crippen LogP contribution in [0.15, 0.2) is 23.2 Å². The van der Waals surface area contributed by atoms with Crippen LogP contribution < -0.4 is 15.2 Å². The van der Waals surface area contributed by atoms with Gasteiger partial charge in [0, 0.05) is 31.1 Å². The van der Waals surface area contributed by atoms with Crippen LogP contribution in [0.4, 0.5) is 0 Å². The summed E-state index contributed by atoms with van der Waals surface area (Å²) in [5, 5.41) is 0. The number of nitrogens with zero attached hydrogens (tertiary/aromatic N) is 2. The van der Waals surface area contributed by atoms with Crippen LogP contribution in [0.2, 0.25) is 0 Å². The molecule has 0 aromatic heterocycles. The lowest BCUT2D eigenvalue weighted by Gasteiger charge is -2.27. The third kappa shape index (κ3) is 6.23. The Balaban J connectivity index is 0.00000288. The molecule has 1 aliphatic heterocycles. The maximum atomic E-state index is 6.10. The lowest BCUT2D eigenvalue weighted by atomic mass is 10.0. The van der Waals surface area contributed by atoms with Crippen molar-refractivity contribution in [1.29, 1.82) is 0 Å². The molecule has 136 valence electrons. The molecule has 2 rings (SSSR count). The van der Waals surface area contributed by atoms with Gasteiger partial charge in [0.2, 0.25) is 0 Å². The highest BCUT2D eigenvalue weighted by Gasteiger charge is 2.13. The smallest absolute Gasteiger partial charge is 0.191 e. The summed E-state index contributed by atoms with van der Waals surface area (Å²) in [6, 6.07) is 6.06. The van der Waals surface area contributed by atoms with Crippen molar-refractivity contribution in [1.82, 2.24) is 4.90 Å². The molecule has 1 aromatic carbocycles. The fourth-order valence-corrected chi connectivity index (χ4v) is 3.52. The van der Waals surface area contributed by atoms with E-state index in [0.29, 0.717) is 11.9 Å². The average molecular weight is 465 g/mol. The van der Waals surface area contributed by atoms with E-state index >= 15 is 0 Å². The van der Waals surface area contributed by atoms with E-state index in [1.54, 1.807) is 14.2 Å². The van der Waals surface area contributed by atoms with Gasteiger partial charge in [-0.05, 0) is 30.0 Å². The number of halogens is 1. The second kappa shape index (κ2) is 10.9. The van der Waals surface area contributed by atoms with Crippen LogP contribution in [-0.4, -0.2) is 56.2 Å². The van der Waals surface area contributed by atoms with Crippen molar-refractivity contribution < 1.29 is 9.47 Å². The summed E-state index contributed by atoms with van der Waals surface area (Å²) in [6.45, 7) is 4.94. The molecule has 1 aromatic rings. The third-order valence-electron chi connectivity index (χ3n) is 3.93. The van der Waals surface area contributed by atoms with Crippen LogP contribution in [0.25, 0.3) is 0 Å². The Morgan fingerprint density at radius 3 is 2.54 bits per heavy atom. The normalized spacial score (nSPS) is 16.3. The van der Waals surface area contributed by atoms with Crippen molar-refractivity contribution in [2.24, 2.45) is 16.6 Å². The Morgan fingerprint density at radius 1 is 1.25 bits per heavy atom. The number of thioether (sulfide) groups is 1. The van der Waals surface area contributed by atoms with E-state index in [4.69, 9.17) is 15.2 Å². The first-order valence-corrected chi connectivity index (χ1v) is 9.13. The second-order valence-corrected chi connectivity index (χ2v) is 7.02. The monoisotopic (exact) mass is 465 g/mol. The molecule has 24 heavy (non-hydrogen) atoms. The minimum atomic E-state index is 0. The van der Waals surface area contributed by atoms with Gasteiger partial charge in [-0.1, -0.05) is 13.0 Å². The number of aliphatic imine (C=N–C) groups is 1. The quantitative estimate of drug-likeness (QED) is 0.398. The van der Waals surface area contributed by atoms with E-state index in [1.165, 1.54) is 5.56 Å². The molecule has 0 amide bonds. The molecule has 0 bridgehead atoms.